The number of unbranched alkanes of at least 4 members (excludes halogenated alkanes) is 4. The Kier molecular flexibility index (Phi) is 14.9. The third-order valence-electron chi connectivity index (χ3n) is 4.41. The largest absolute Gasteiger partial charge is 0.481 e. The predicted octanol–water partition coefficient (Wildman–Crippen LogP) is 2.14. The summed E-state index contributed by atoms with van der Waals surface area (Å²) in [5.41, 5.74) is 0. The van der Waals surface area contributed by atoms with Gasteiger partial charge in [-0.1, -0.05) is 12.8 Å². The molecule has 1 aliphatic rings. The van der Waals surface area contributed by atoms with Crippen molar-refractivity contribution < 1.29 is 65.1 Å². The summed E-state index contributed by atoms with van der Waals surface area (Å²) in [5.74, 6) is -6.81. The number of nitrogens with one attached hydrogen (secondary N) is 2. The maximum absolute atomic E-state index is 11.9. The SMILES string of the molecule is O=C(CCCCCNC(=O)C(F)(F)F)ON1C(=O)CCC1=O.O=C(O)CCCCCNC(=O)C(F)(F)F. The van der Waals surface area contributed by atoms with Gasteiger partial charge in [0, 0.05) is 38.8 Å². The summed E-state index contributed by atoms with van der Waals surface area (Å²) >= 11 is 0. The molecule has 0 bridgehead atoms. The molecule has 0 atom stereocenters. The van der Waals surface area contributed by atoms with Gasteiger partial charge in [-0.25, -0.2) is 4.79 Å². The number of hydroxylamine groups is 2. The number of hydrogen-bond acceptors (Lipinski definition) is 7. The van der Waals surface area contributed by atoms with Crippen LogP contribution >= 0.6 is 0 Å². The summed E-state index contributed by atoms with van der Waals surface area (Å²) in [6.45, 7) is -0.242. The molecular formula is C20H27F6N3O8. The molecule has 0 saturated carbocycles. The van der Waals surface area contributed by atoms with Gasteiger partial charge in [0.15, 0.2) is 0 Å². The van der Waals surface area contributed by atoms with Crippen molar-refractivity contribution in [2.45, 2.75) is 76.6 Å². The van der Waals surface area contributed by atoms with E-state index in [-0.39, 0.29) is 45.2 Å². The van der Waals surface area contributed by atoms with E-state index in [1.807, 2.05) is 0 Å². The minimum absolute atomic E-state index is 0.00498. The van der Waals surface area contributed by atoms with Gasteiger partial charge in [0.2, 0.25) is 0 Å². The van der Waals surface area contributed by atoms with Gasteiger partial charge in [-0.3, -0.25) is 24.0 Å². The second-order valence-corrected chi connectivity index (χ2v) is 7.57. The van der Waals surface area contributed by atoms with Crippen LogP contribution in [0.1, 0.15) is 64.2 Å². The molecule has 1 fully saturated rings. The van der Waals surface area contributed by atoms with Crippen LogP contribution < -0.4 is 10.6 Å². The van der Waals surface area contributed by atoms with Crippen molar-refractivity contribution in [1.82, 2.24) is 15.7 Å². The van der Waals surface area contributed by atoms with Crippen molar-refractivity contribution in [1.29, 1.82) is 0 Å². The van der Waals surface area contributed by atoms with Gasteiger partial charge in [-0.15, -0.1) is 5.06 Å². The molecule has 0 radical (unpaired) electrons. The molecule has 0 aromatic rings. The number of hydrogen-bond donors (Lipinski definition) is 3. The fourth-order valence-corrected chi connectivity index (χ4v) is 2.56. The Hall–Kier alpha value is -3.40. The van der Waals surface area contributed by atoms with E-state index in [9.17, 15) is 55.1 Å². The zero-order chi connectivity index (χ0) is 28.6. The van der Waals surface area contributed by atoms with Crippen LogP contribution in [0.4, 0.5) is 26.3 Å². The maximum Gasteiger partial charge on any atom is 0.471 e. The molecule has 11 nitrogen and oxygen atoms in total. The van der Waals surface area contributed by atoms with Crippen molar-refractivity contribution >= 4 is 35.6 Å². The zero-order valence-electron chi connectivity index (χ0n) is 19.5. The van der Waals surface area contributed by atoms with E-state index in [4.69, 9.17) is 5.11 Å². The summed E-state index contributed by atoms with van der Waals surface area (Å²) in [4.78, 5) is 69.1. The highest BCUT2D eigenvalue weighted by atomic mass is 19.4. The zero-order valence-corrected chi connectivity index (χ0v) is 19.5. The highest BCUT2D eigenvalue weighted by molar-refractivity contribution is 6.01. The fourth-order valence-electron chi connectivity index (χ4n) is 2.56. The minimum atomic E-state index is -4.90. The Morgan fingerprint density at radius 1 is 0.730 bits per heavy atom. The van der Waals surface area contributed by atoms with Gasteiger partial charge in [0.25, 0.3) is 11.8 Å². The lowest BCUT2D eigenvalue weighted by Crippen LogP contribution is -2.37. The van der Waals surface area contributed by atoms with Gasteiger partial charge in [-0.2, -0.15) is 26.3 Å². The van der Waals surface area contributed by atoms with Gasteiger partial charge in [0.05, 0.1) is 0 Å². The standard InChI is InChI=1S/C12H15F3N2O5.C8H12F3NO3/c13-12(14,15)11(21)16-7-3-1-2-4-10(20)22-17-8(18)5-6-9(17)19;9-8(10,11)7(15)12-5-3-1-2-4-6(13)14/h1-7H2,(H,16,21);1-5H2,(H,12,15)(H,13,14). The number of nitrogens with zero attached hydrogens (tertiary/aromatic N) is 1. The van der Waals surface area contributed by atoms with Crippen LogP contribution in [0, 0.1) is 0 Å². The van der Waals surface area contributed by atoms with E-state index in [2.05, 4.69) is 4.84 Å². The second kappa shape index (κ2) is 16.4. The summed E-state index contributed by atoms with van der Waals surface area (Å²) in [5, 5.41) is 12.1. The Morgan fingerprint density at radius 2 is 1.14 bits per heavy atom. The highest BCUT2D eigenvalue weighted by Gasteiger charge is 2.38. The first-order valence-corrected chi connectivity index (χ1v) is 11.0. The van der Waals surface area contributed by atoms with Crippen LogP contribution in [-0.2, 0) is 33.6 Å². The lowest BCUT2D eigenvalue weighted by Gasteiger charge is -2.12. The van der Waals surface area contributed by atoms with Crippen LogP contribution in [0.25, 0.3) is 0 Å². The van der Waals surface area contributed by atoms with Crippen molar-refractivity contribution in [3.05, 3.63) is 0 Å². The Morgan fingerprint density at radius 3 is 1.51 bits per heavy atom. The van der Waals surface area contributed by atoms with Crippen LogP contribution in [0.2, 0.25) is 0 Å². The molecule has 1 heterocycles. The van der Waals surface area contributed by atoms with Gasteiger partial charge in [0.1, 0.15) is 0 Å². The first kappa shape index (κ1) is 33.6. The molecule has 0 aliphatic carbocycles. The molecule has 0 spiro atoms. The quantitative estimate of drug-likeness (QED) is 0.178. The van der Waals surface area contributed by atoms with Crippen LogP contribution in [0.15, 0.2) is 0 Å². The number of amides is 4. The number of rotatable bonds is 13. The minimum Gasteiger partial charge on any atom is -0.481 e. The molecule has 0 aromatic carbocycles. The molecule has 4 amide bonds. The van der Waals surface area contributed by atoms with Crippen LogP contribution in [0.3, 0.4) is 0 Å². The van der Waals surface area contributed by atoms with E-state index in [0.717, 1.165) is 0 Å². The molecule has 1 rings (SSSR count). The van der Waals surface area contributed by atoms with Crippen molar-refractivity contribution in [3.63, 3.8) is 0 Å². The van der Waals surface area contributed by atoms with Crippen LogP contribution in [-0.4, -0.2) is 71.2 Å². The van der Waals surface area contributed by atoms with E-state index >= 15 is 0 Å². The predicted molar refractivity (Wildman–Crippen MR) is 110 cm³/mol. The third-order valence-corrected chi connectivity index (χ3v) is 4.41. The fraction of sp³-hybridized carbons (Fsp3) is 0.700. The Balaban J connectivity index is 0.000000757. The Labute approximate surface area is 206 Å². The smallest absolute Gasteiger partial charge is 0.471 e. The first-order chi connectivity index (χ1) is 17.1. The lowest BCUT2D eigenvalue weighted by atomic mass is 10.2. The second-order valence-electron chi connectivity index (χ2n) is 7.57. The topological polar surface area (TPSA) is 159 Å². The summed E-state index contributed by atoms with van der Waals surface area (Å²) in [6, 6.07) is 0. The molecule has 1 aliphatic heterocycles. The molecule has 17 heteroatoms. The van der Waals surface area contributed by atoms with E-state index < -0.39 is 47.9 Å². The van der Waals surface area contributed by atoms with Crippen molar-refractivity contribution in [2.75, 3.05) is 13.1 Å². The molecular weight excluding hydrogens is 524 g/mol. The van der Waals surface area contributed by atoms with E-state index in [1.165, 1.54) is 0 Å². The maximum atomic E-state index is 11.9. The Bertz CT molecular complexity index is 801. The number of carboxylic acids is 1. The third kappa shape index (κ3) is 16.1. The highest BCUT2D eigenvalue weighted by Crippen LogP contribution is 2.15. The monoisotopic (exact) mass is 551 g/mol. The normalized spacial score (nSPS) is 13.5. The number of aliphatic carboxylic acids is 1. The first-order valence-electron chi connectivity index (χ1n) is 11.0. The number of imide groups is 1. The lowest BCUT2D eigenvalue weighted by molar-refractivity contribution is -0.197. The molecule has 37 heavy (non-hydrogen) atoms. The number of carboxylic acid groups (broad SMARTS) is 1. The average molecular weight is 551 g/mol. The van der Waals surface area contributed by atoms with Gasteiger partial charge >= 0.3 is 36.1 Å². The molecule has 212 valence electrons. The number of carbonyl (C=O) groups excluding carboxylic acids is 5. The van der Waals surface area contributed by atoms with Crippen molar-refractivity contribution in [2.24, 2.45) is 0 Å². The number of carbonyl (C=O) groups is 6. The van der Waals surface area contributed by atoms with Crippen molar-refractivity contribution in [3.8, 4) is 0 Å². The van der Waals surface area contributed by atoms with Crippen LogP contribution in [0.5, 0.6) is 0 Å². The van der Waals surface area contributed by atoms with E-state index in [0.29, 0.717) is 37.2 Å². The van der Waals surface area contributed by atoms with E-state index in [1.54, 1.807) is 10.6 Å². The van der Waals surface area contributed by atoms with Gasteiger partial charge < -0.3 is 20.6 Å². The molecule has 0 unspecified atom stereocenters. The molecule has 1 saturated heterocycles. The van der Waals surface area contributed by atoms with Gasteiger partial charge in [-0.05, 0) is 25.7 Å². The summed E-state index contributed by atoms with van der Waals surface area (Å²) in [7, 11) is 0. The number of alkyl halides is 6. The average Bonchev–Trinajstić information content (AvgIpc) is 3.09. The summed E-state index contributed by atoms with van der Waals surface area (Å²) in [6.07, 6.45) is -7.66. The summed E-state index contributed by atoms with van der Waals surface area (Å²) < 4.78 is 70.5. The molecule has 3 N–H and O–H groups in total. The molecule has 0 aromatic heterocycles. The number of halogens is 6.